The average molecular weight is 204 g/mol. The molecule has 1 N–H and O–H groups in total. The predicted octanol–water partition coefficient (Wildman–Crippen LogP) is 3.93. The highest BCUT2D eigenvalue weighted by molar-refractivity contribution is 5.59. The van der Waals surface area contributed by atoms with Crippen LogP contribution in [0.1, 0.15) is 44.9 Å². The van der Waals surface area contributed by atoms with E-state index >= 15 is 0 Å². The van der Waals surface area contributed by atoms with Gasteiger partial charge in [0, 0.05) is 11.6 Å². The van der Waals surface area contributed by atoms with Gasteiger partial charge in [0.05, 0.1) is 11.4 Å². The fourth-order valence-electron chi connectivity index (χ4n) is 1.63. The van der Waals surface area contributed by atoms with Crippen LogP contribution in [0.2, 0.25) is 0 Å². The molecule has 0 fully saturated rings. The van der Waals surface area contributed by atoms with Gasteiger partial charge in [-0.05, 0) is 18.2 Å². The summed E-state index contributed by atoms with van der Waals surface area (Å²) in [7, 11) is 0. The van der Waals surface area contributed by atoms with E-state index in [0.717, 1.165) is 11.4 Å². The summed E-state index contributed by atoms with van der Waals surface area (Å²) in [5, 5.41) is 0. The van der Waals surface area contributed by atoms with Crippen molar-refractivity contribution in [2.24, 2.45) is 4.99 Å². The van der Waals surface area contributed by atoms with Crippen LogP contribution in [0.5, 0.6) is 0 Å². The summed E-state index contributed by atoms with van der Waals surface area (Å²) in [5.41, 5.74) is 3.20. The van der Waals surface area contributed by atoms with E-state index in [1.165, 1.54) is 5.56 Å². The van der Waals surface area contributed by atoms with Crippen molar-refractivity contribution in [3.05, 3.63) is 30.1 Å². The third kappa shape index (κ3) is 2.04. The lowest BCUT2D eigenvalue weighted by molar-refractivity contribution is 0.651. The Morgan fingerprint density at radius 2 is 2.07 bits per heavy atom. The van der Waals surface area contributed by atoms with Crippen molar-refractivity contribution in [3.63, 3.8) is 0 Å². The summed E-state index contributed by atoms with van der Waals surface area (Å²) in [6.45, 7) is 16.0. The largest absolute Gasteiger partial charge is 0.362 e. The van der Waals surface area contributed by atoms with Crippen LogP contribution in [0.15, 0.2) is 23.8 Å². The van der Waals surface area contributed by atoms with Crippen LogP contribution >= 0.6 is 0 Å². The third-order valence-electron chi connectivity index (χ3n) is 2.82. The van der Waals surface area contributed by atoms with Gasteiger partial charge < -0.3 is 4.98 Å². The quantitative estimate of drug-likeness (QED) is 0.568. The van der Waals surface area contributed by atoms with E-state index in [1.54, 1.807) is 0 Å². The standard InChI is InChI=1S/C13H20N2/c1-7-13(4,5)12-11(14-6)10(8-15-12)9(2)3/h7-9,15H,1,6H2,2-5H3. The van der Waals surface area contributed by atoms with Gasteiger partial charge >= 0.3 is 0 Å². The average Bonchev–Trinajstić information content (AvgIpc) is 2.61. The Kier molecular flexibility index (Phi) is 3.18. The number of rotatable bonds is 4. The maximum Gasteiger partial charge on any atom is 0.0872 e. The van der Waals surface area contributed by atoms with Crippen LogP contribution in [0.4, 0.5) is 5.69 Å². The Morgan fingerprint density at radius 3 is 2.47 bits per heavy atom. The molecule has 0 saturated heterocycles. The van der Waals surface area contributed by atoms with Gasteiger partial charge in [0.25, 0.3) is 0 Å². The highest BCUT2D eigenvalue weighted by Gasteiger charge is 2.24. The van der Waals surface area contributed by atoms with Crippen molar-refractivity contribution in [2.45, 2.75) is 39.0 Å². The molecule has 0 radical (unpaired) electrons. The van der Waals surface area contributed by atoms with Crippen LogP contribution < -0.4 is 0 Å². The molecular formula is C13H20N2. The molecule has 0 unspecified atom stereocenters. The summed E-state index contributed by atoms with van der Waals surface area (Å²) in [6.07, 6.45) is 3.95. The lowest BCUT2D eigenvalue weighted by Gasteiger charge is -2.19. The van der Waals surface area contributed by atoms with Gasteiger partial charge in [-0.15, -0.1) is 6.58 Å². The fraction of sp³-hybridized carbons (Fsp3) is 0.462. The SMILES string of the molecule is C=CC(C)(C)c1[nH]cc(C(C)C)c1N=C. The topological polar surface area (TPSA) is 28.1 Å². The lowest BCUT2D eigenvalue weighted by Crippen LogP contribution is -2.13. The summed E-state index contributed by atoms with van der Waals surface area (Å²) >= 11 is 0. The Morgan fingerprint density at radius 1 is 1.47 bits per heavy atom. The number of H-pyrrole nitrogens is 1. The van der Waals surface area contributed by atoms with Crippen molar-refractivity contribution >= 4 is 12.4 Å². The highest BCUT2D eigenvalue weighted by Crippen LogP contribution is 2.37. The molecule has 0 atom stereocenters. The molecule has 0 aromatic carbocycles. The molecule has 0 aliphatic carbocycles. The molecule has 2 heteroatoms. The minimum atomic E-state index is -0.0936. The van der Waals surface area contributed by atoms with Crippen molar-refractivity contribution in [1.82, 2.24) is 4.98 Å². The number of hydrogen-bond acceptors (Lipinski definition) is 1. The van der Waals surface area contributed by atoms with E-state index in [4.69, 9.17) is 0 Å². The first-order chi connectivity index (χ1) is 6.94. The molecule has 0 amide bonds. The maximum absolute atomic E-state index is 4.14. The molecule has 82 valence electrons. The lowest BCUT2D eigenvalue weighted by atomic mass is 9.87. The Balaban J connectivity index is 3.33. The predicted molar refractivity (Wildman–Crippen MR) is 67.3 cm³/mol. The summed E-state index contributed by atoms with van der Waals surface area (Å²) in [6, 6.07) is 0. The smallest absolute Gasteiger partial charge is 0.0872 e. The first kappa shape index (κ1) is 11.8. The first-order valence-electron chi connectivity index (χ1n) is 5.26. The van der Waals surface area contributed by atoms with Crippen molar-refractivity contribution in [2.75, 3.05) is 0 Å². The monoisotopic (exact) mass is 204 g/mol. The normalized spacial score (nSPS) is 11.8. The van der Waals surface area contributed by atoms with Crippen LogP contribution in [0.25, 0.3) is 0 Å². The second-order valence-electron chi connectivity index (χ2n) is 4.71. The number of hydrogen-bond donors (Lipinski definition) is 1. The zero-order chi connectivity index (χ0) is 11.6. The summed E-state index contributed by atoms with van der Waals surface area (Å²) < 4.78 is 0. The van der Waals surface area contributed by atoms with Gasteiger partial charge in [0.2, 0.25) is 0 Å². The molecule has 15 heavy (non-hydrogen) atoms. The molecule has 2 nitrogen and oxygen atoms in total. The Labute approximate surface area is 92.1 Å². The minimum Gasteiger partial charge on any atom is -0.362 e. The van der Waals surface area contributed by atoms with Gasteiger partial charge in [-0.25, -0.2) is 0 Å². The summed E-state index contributed by atoms with van der Waals surface area (Å²) in [5.74, 6) is 0.455. The van der Waals surface area contributed by atoms with Crippen LogP contribution in [0.3, 0.4) is 0 Å². The van der Waals surface area contributed by atoms with Gasteiger partial charge in [-0.1, -0.05) is 33.8 Å². The number of aromatic amines is 1. The van der Waals surface area contributed by atoms with E-state index in [9.17, 15) is 0 Å². The van der Waals surface area contributed by atoms with E-state index in [-0.39, 0.29) is 5.41 Å². The zero-order valence-corrected chi connectivity index (χ0v) is 10.1. The number of aliphatic imine (C=N–C) groups is 1. The maximum atomic E-state index is 4.14. The van der Waals surface area contributed by atoms with E-state index in [2.05, 4.69) is 51.0 Å². The van der Waals surface area contributed by atoms with Crippen molar-refractivity contribution < 1.29 is 0 Å². The van der Waals surface area contributed by atoms with Gasteiger partial charge in [0.15, 0.2) is 0 Å². The molecule has 0 aliphatic heterocycles. The molecule has 1 heterocycles. The summed E-state index contributed by atoms with van der Waals surface area (Å²) in [4.78, 5) is 7.43. The Bertz CT molecular complexity index is 370. The van der Waals surface area contributed by atoms with Gasteiger partial charge in [-0.2, -0.15) is 0 Å². The molecular weight excluding hydrogens is 184 g/mol. The van der Waals surface area contributed by atoms with Crippen molar-refractivity contribution in [1.29, 1.82) is 0 Å². The zero-order valence-electron chi connectivity index (χ0n) is 10.1. The van der Waals surface area contributed by atoms with Crippen LogP contribution in [-0.4, -0.2) is 11.7 Å². The molecule has 0 saturated carbocycles. The van der Waals surface area contributed by atoms with Crippen LogP contribution in [-0.2, 0) is 5.41 Å². The number of allylic oxidation sites excluding steroid dienone is 1. The fourth-order valence-corrected chi connectivity index (χ4v) is 1.63. The van der Waals surface area contributed by atoms with E-state index in [0.29, 0.717) is 5.92 Å². The van der Waals surface area contributed by atoms with E-state index < -0.39 is 0 Å². The molecule has 0 spiro atoms. The van der Waals surface area contributed by atoms with Gasteiger partial charge in [-0.3, -0.25) is 4.99 Å². The van der Waals surface area contributed by atoms with Crippen LogP contribution in [0, 0.1) is 0 Å². The van der Waals surface area contributed by atoms with E-state index in [1.807, 2.05) is 12.3 Å². The van der Waals surface area contributed by atoms with Gasteiger partial charge in [0.1, 0.15) is 0 Å². The molecule has 0 aliphatic rings. The van der Waals surface area contributed by atoms with Crippen molar-refractivity contribution in [3.8, 4) is 0 Å². The third-order valence-corrected chi connectivity index (χ3v) is 2.82. The molecule has 1 aromatic heterocycles. The minimum absolute atomic E-state index is 0.0936. The number of nitrogens with zero attached hydrogens (tertiary/aromatic N) is 1. The molecule has 1 aromatic rings. The molecule has 0 bridgehead atoms. The second-order valence-corrected chi connectivity index (χ2v) is 4.71. The second kappa shape index (κ2) is 4.05. The Hall–Kier alpha value is -1.31. The highest BCUT2D eigenvalue weighted by atomic mass is 14.8. The number of aromatic nitrogens is 1. The molecule has 1 rings (SSSR count). The first-order valence-corrected chi connectivity index (χ1v) is 5.26. The number of nitrogens with one attached hydrogen (secondary N) is 1.